The van der Waals surface area contributed by atoms with Gasteiger partial charge in [0.05, 0.1) is 30.0 Å². The predicted molar refractivity (Wildman–Crippen MR) is 93.9 cm³/mol. The van der Waals surface area contributed by atoms with Crippen LogP contribution in [-0.2, 0) is 4.74 Å². The van der Waals surface area contributed by atoms with Gasteiger partial charge in [0, 0.05) is 27.5 Å². The average Bonchev–Trinajstić information content (AvgIpc) is 2.91. The normalized spacial score (nSPS) is 27.6. The van der Waals surface area contributed by atoms with Crippen LogP contribution in [0.25, 0.3) is 17.5 Å². The molecule has 0 amide bonds. The van der Waals surface area contributed by atoms with Crippen molar-refractivity contribution in [1.82, 2.24) is 4.98 Å². The molecular weight excluding hydrogens is 338 g/mol. The molecule has 1 unspecified atom stereocenters. The first-order chi connectivity index (χ1) is 12.1. The fourth-order valence-electron chi connectivity index (χ4n) is 3.88. The van der Waals surface area contributed by atoms with Crippen molar-refractivity contribution in [2.45, 2.75) is 6.92 Å². The van der Waals surface area contributed by atoms with Gasteiger partial charge in [0.15, 0.2) is 6.21 Å². The Labute approximate surface area is 149 Å². The Bertz CT molecular complexity index is 1010. The number of nitrogens with zero attached hydrogens (tertiary/aromatic N) is 3. The SMILES string of the molecule is Cc1cc(Cl)cc(O)c1-c1ccc2c(n1)=N/[N+](=C\C1[C@H]3COC[C@@H]13)C=2. The Balaban J connectivity index is 1.53. The van der Waals surface area contributed by atoms with Gasteiger partial charge in [0.25, 0.3) is 0 Å². The maximum atomic E-state index is 10.3. The molecule has 2 aliphatic heterocycles. The number of rotatable bonds is 2. The van der Waals surface area contributed by atoms with E-state index in [1.807, 2.05) is 36.0 Å². The first-order valence-electron chi connectivity index (χ1n) is 8.38. The van der Waals surface area contributed by atoms with Gasteiger partial charge in [-0.3, -0.25) is 0 Å². The fourth-order valence-corrected chi connectivity index (χ4v) is 4.14. The summed E-state index contributed by atoms with van der Waals surface area (Å²) in [6.07, 6.45) is 4.17. The van der Waals surface area contributed by atoms with Crippen molar-refractivity contribution in [2.24, 2.45) is 22.9 Å². The molecule has 2 fully saturated rings. The van der Waals surface area contributed by atoms with Crippen molar-refractivity contribution in [2.75, 3.05) is 13.2 Å². The third-order valence-corrected chi connectivity index (χ3v) is 5.48. The Morgan fingerprint density at radius 1 is 1.28 bits per heavy atom. The van der Waals surface area contributed by atoms with Gasteiger partial charge in [-0.1, -0.05) is 16.3 Å². The number of ether oxygens (including phenoxy) is 1. The predicted octanol–water partition coefficient (Wildman–Crippen LogP) is 1.68. The van der Waals surface area contributed by atoms with Crippen molar-refractivity contribution in [3.63, 3.8) is 0 Å². The minimum Gasteiger partial charge on any atom is -0.507 e. The molecule has 6 heteroatoms. The molecule has 1 aromatic heterocycles. The van der Waals surface area contributed by atoms with Gasteiger partial charge in [-0.2, -0.15) is 0 Å². The van der Waals surface area contributed by atoms with Gasteiger partial charge >= 0.3 is 0 Å². The van der Waals surface area contributed by atoms with E-state index in [9.17, 15) is 5.11 Å². The molecule has 5 nitrogen and oxygen atoms in total. The summed E-state index contributed by atoms with van der Waals surface area (Å²) in [4.78, 5) is 4.64. The second kappa shape index (κ2) is 5.38. The summed E-state index contributed by atoms with van der Waals surface area (Å²) >= 11 is 5.99. The van der Waals surface area contributed by atoms with Crippen LogP contribution in [0.4, 0.5) is 0 Å². The van der Waals surface area contributed by atoms with Gasteiger partial charge in [0.2, 0.25) is 11.7 Å². The molecule has 2 aromatic rings. The van der Waals surface area contributed by atoms with E-state index in [4.69, 9.17) is 16.3 Å². The average molecular weight is 355 g/mol. The Morgan fingerprint density at radius 3 is 2.84 bits per heavy atom. The van der Waals surface area contributed by atoms with E-state index in [0.717, 1.165) is 24.0 Å². The van der Waals surface area contributed by atoms with Crippen LogP contribution >= 0.6 is 11.6 Å². The molecule has 0 spiro atoms. The highest BCUT2D eigenvalue weighted by atomic mass is 35.5. The van der Waals surface area contributed by atoms with E-state index in [-0.39, 0.29) is 5.75 Å². The van der Waals surface area contributed by atoms with Crippen molar-refractivity contribution in [3.8, 4) is 17.0 Å². The molecule has 1 aliphatic carbocycles. The maximum Gasteiger partial charge on any atom is 0.234 e. The van der Waals surface area contributed by atoms with E-state index in [2.05, 4.69) is 16.3 Å². The first kappa shape index (κ1) is 15.0. The minimum absolute atomic E-state index is 0.133. The zero-order valence-corrected chi connectivity index (χ0v) is 14.4. The third-order valence-electron chi connectivity index (χ3n) is 5.27. The number of fused-ring (bicyclic) bond motifs is 2. The Morgan fingerprint density at radius 2 is 2.08 bits per heavy atom. The molecule has 126 valence electrons. The minimum atomic E-state index is 0.133. The number of aryl methyl sites for hydroxylation is 1. The summed E-state index contributed by atoms with van der Waals surface area (Å²) < 4.78 is 7.31. The highest BCUT2D eigenvalue weighted by Gasteiger charge is 2.55. The highest BCUT2D eigenvalue weighted by molar-refractivity contribution is 6.31. The number of benzene rings is 1. The second-order valence-corrected chi connectivity index (χ2v) is 7.36. The lowest BCUT2D eigenvalue weighted by Gasteiger charge is -2.07. The van der Waals surface area contributed by atoms with E-state index >= 15 is 0 Å². The van der Waals surface area contributed by atoms with E-state index in [0.29, 0.717) is 39.5 Å². The van der Waals surface area contributed by atoms with Crippen LogP contribution in [-0.4, -0.2) is 34.2 Å². The molecular formula is C19H17ClN3O2+. The van der Waals surface area contributed by atoms with Crippen molar-refractivity contribution in [3.05, 3.63) is 45.6 Å². The standard InChI is InChI=1S/C19H16ClN3O2/c1-10-4-12(20)5-17(24)18(10)16-3-2-11-6-23(22-19(11)21-16)7-13-14-8-25-9-15(13)14/h2-7,13-15H,8-9H2,1H3/p+1/b23-7-/t13?,14-,15+. The molecule has 3 aliphatic rings. The highest BCUT2D eigenvalue weighted by Crippen LogP contribution is 2.49. The molecule has 5 rings (SSSR count). The van der Waals surface area contributed by atoms with E-state index in [1.165, 1.54) is 6.07 Å². The molecule has 25 heavy (non-hydrogen) atoms. The molecule has 0 bridgehead atoms. The topological polar surface area (TPSA) is 57.7 Å². The number of hydrogen-bond donors (Lipinski definition) is 1. The van der Waals surface area contributed by atoms with Crippen LogP contribution in [0.5, 0.6) is 5.75 Å². The van der Waals surface area contributed by atoms with Gasteiger partial charge in [-0.15, -0.1) is 0 Å². The Kier molecular flexibility index (Phi) is 3.24. The smallest absolute Gasteiger partial charge is 0.234 e. The number of hydrogen-bond acceptors (Lipinski definition) is 4. The molecule has 1 saturated carbocycles. The summed E-state index contributed by atoms with van der Waals surface area (Å²) in [5.41, 5.74) is 2.94. The fraction of sp³-hybridized carbons (Fsp3) is 0.316. The summed E-state index contributed by atoms with van der Waals surface area (Å²) in [7, 11) is 0. The lowest BCUT2D eigenvalue weighted by molar-refractivity contribution is -0.424. The monoisotopic (exact) mass is 354 g/mol. The van der Waals surface area contributed by atoms with Crippen LogP contribution in [0, 0.1) is 24.7 Å². The Hall–Kier alpha value is -2.24. The van der Waals surface area contributed by atoms with Gasteiger partial charge in [-0.05, 0) is 36.8 Å². The van der Waals surface area contributed by atoms with Crippen LogP contribution < -0.4 is 10.7 Å². The number of pyridine rings is 1. The number of phenolic OH excluding ortho intramolecular Hbond substituents is 1. The lowest BCUT2D eigenvalue weighted by atomic mass is 10.0. The first-order valence-corrected chi connectivity index (χ1v) is 8.76. The van der Waals surface area contributed by atoms with E-state index in [1.54, 1.807) is 0 Å². The zero-order valence-electron chi connectivity index (χ0n) is 13.7. The van der Waals surface area contributed by atoms with Crippen LogP contribution in [0.3, 0.4) is 0 Å². The maximum absolute atomic E-state index is 10.3. The quantitative estimate of drug-likeness (QED) is 0.835. The van der Waals surface area contributed by atoms with Gasteiger partial charge in [-0.25, -0.2) is 4.98 Å². The van der Waals surface area contributed by atoms with Crippen molar-refractivity contribution in [1.29, 1.82) is 0 Å². The molecule has 1 saturated heterocycles. The molecule has 1 N–H and O–H groups in total. The second-order valence-electron chi connectivity index (χ2n) is 6.93. The number of aromatic hydroxyl groups is 1. The number of halogens is 1. The molecule has 1 aromatic carbocycles. The lowest BCUT2D eigenvalue weighted by Crippen LogP contribution is -2.25. The summed E-state index contributed by atoms with van der Waals surface area (Å²) in [6.45, 7) is 3.64. The van der Waals surface area contributed by atoms with Gasteiger partial charge in [0.1, 0.15) is 5.75 Å². The zero-order chi connectivity index (χ0) is 17.1. The number of phenols is 1. The largest absolute Gasteiger partial charge is 0.507 e. The summed E-state index contributed by atoms with van der Waals surface area (Å²) in [5.74, 6) is 2.01. The van der Waals surface area contributed by atoms with Crippen molar-refractivity contribution < 1.29 is 14.5 Å². The van der Waals surface area contributed by atoms with Crippen LogP contribution in [0.15, 0.2) is 29.4 Å². The van der Waals surface area contributed by atoms with Crippen LogP contribution in [0.2, 0.25) is 5.02 Å². The summed E-state index contributed by atoms with van der Waals surface area (Å²) in [6, 6.07) is 7.25. The number of aromatic nitrogens is 1. The van der Waals surface area contributed by atoms with Gasteiger partial charge < -0.3 is 9.84 Å². The van der Waals surface area contributed by atoms with Crippen LogP contribution in [0.1, 0.15) is 5.56 Å². The molecule has 0 radical (unpaired) electrons. The van der Waals surface area contributed by atoms with E-state index < -0.39 is 0 Å². The third kappa shape index (κ3) is 2.46. The molecule has 3 atom stereocenters. The molecule has 3 heterocycles. The van der Waals surface area contributed by atoms with Crippen molar-refractivity contribution >= 4 is 24.0 Å². The summed E-state index contributed by atoms with van der Waals surface area (Å²) in [5, 5.41) is 16.3.